The molecule has 43 heavy (non-hydrogen) atoms. The summed E-state index contributed by atoms with van der Waals surface area (Å²) in [6, 6.07) is 17.9. The maximum atomic E-state index is 14.1. The van der Waals surface area contributed by atoms with Gasteiger partial charge in [0, 0.05) is 29.4 Å². The van der Waals surface area contributed by atoms with Crippen molar-refractivity contribution in [2.24, 2.45) is 0 Å². The summed E-state index contributed by atoms with van der Waals surface area (Å²) < 4.78 is 9.17. The van der Waals surface area contributed by atoms with Gasteiger partial charge in [0.25, 0.3) is 5.91 Å². The van der Waals surface area contributed by atoms with Crippen LogP contribution < -0.4 is 11.0 Å². The third-order valence-corrected chi connectivity index (χ3v) is 8.15. The Hall–Kier alpha value is -3.63. The summed E-state index contributed by atoms with van der Waals surface area (Å²) >= 11 is 9.72. The van der Waals surface area contributed by atoms with Crippen molar-refractivity contribution in [2.75, 3.05) is 13.1 Å². The van der Waals surface area contributed by atoms with Gasteiger partial charge in [-0.3, -0.25) is 9.36 Å². The molecule has 0 saturated carbocycles. The molecular formula is C32H37BrClN5O4. The summed E-state index contributed by atoms with van der Waals surface area (Å²) in [6.07, 6.45) is 0.488. The summed E-state index contributed by atoms with van der Waals surface area (Å²) in [7, 11) is 0. The summed E-state index contributed by atoms with van der Waals surface area (Å²) in [5, 5.41) is 7.77. The predicted octanol–water partition coefficient (Wildman–Crippen LogP) is 6.78. The quantitative estimate of drug-likeness (QED) is 0.188. The van der Waals surface area contributed by atoms with E-state index in [0.717, 1.165) is 10.0 Å². The topological polar surface area (TPSA) is 97.9 Å². The van der Waals surface area contributed by atoms with Crippen molar-refractivity contribution in [1.29, 1.82) is 0 Å². The van der Waals surface area contributed by atoms with E-state index in [1.165, 1.54) is 4.52 Å². The zero-order valence-corrected chi connectivity index (χ0v) is 27.4. The fourth-order valence-corrected chi connectivity index (χ4v) is 5.43. The highest BCUT2D eigenvalue weighted by molar-refractivity contribution is 9.10. The molecule has 1 atom stereocenters. The Kier molecular flexibility index (Phi) is 10.3. The smallest absolute Gasteiger partial charge is 0.407 e. The van der Waals surface area contributed by atoms with Gasteiger partial charge in [-0.2, -0.15) is 9.61 Å². The van der Waals surface area contributed by atoms with Crippen molar-refractivity contribution in [3.63, 3.8) is 0 Å². The van der Waals surface area contributed by atoms with Crippen LogP contribution >= 0.6 is 27.5 Å². The molecule has 2 amide bonds. The van der Waals surface area contributed by atoms with Gasteiger partial charge in [0.05, 0.1) is 28.3 Å². The number of aryl methyl sites for hydroxylation is 1. The van der Waals surface area contributed by atoms with Crippen LogP contribution in [0.1, 0.15) is 73.9 Å². The number of benzene rings is 2. The number of aromatic nitrogens is 3. The van der Waals surface area contributed by atoms with Gasteiger partial charge in [-0.25, -0.2) is 9.59 Å². The second-order valence-electron chi connectivity index (χ2n) is 11.3. The van der Waals surface area contributed by atoms with E-state index in [2.05, 4.69) is 26.3 Å². The lowest BCUT2D eigenvalue weighted by Gasteiger charge is -2.33. The molecule has 2 aromatic heterocycles. The van der Waals surface area contributed by atoms with Gasteiger partial charge in [0.2, 0.25) is 0 Å². The van der Waals surface area contributed by atoms with Gasteiger partial charge in [-0.15, -0.1) is 0 Å². The van der Waals surface area contributed by atoms with Crippen molar-refractivity contribution in [3.05, 3.63) is 103 Å². The van der Waals surface area contributed by atoms with Crippen molar-refractivity contribution in [3.8, 4) is 0 Å². The minimum absolute atomic E-state index is 0.205. The van der Waals surface area contributed by atoms with Gasteiger partial charge >= 0.3 is 11.8 Å². The number of nitrogens with one attached hydrogen (secondary N) is 1. The van der Waals surface area contributed by atoms with Crippen molar-refractivity contribution in [1.82, 2.24) is 24.4 Å². The van der Waals surface area contributed by atoms with E-state index in [-0.39, 0.29) is 11.6 Å². The lowest BCUT2D eigenvalue weighted by molar-refractivity contribution is 0.0523. The minimum atomic E-state index is -0.616. The van der Waals surface area contributed by atoms with E-state index < -0.39 is 17.7 Å². The third kappa shape index (κ3) is 7.86. The summed E-state index contributed by atoms with van der Waals surface area (Å²) in [5.41, 5.74) is 2.51. The normalized spacial score (nSPS) is 12.3. The Balaban J connectivity index is 1.76. The molecule has 228 valence electrons. The van der Waals surface area contributed by atoms with Crippen LogP contribution in [-0.2, 0) is 11.3 Å². The molecule has 2 aromatic carbocycles. The highest BCUT2D eigenvalue weighted by Crippen LogP contribution is 2.30. The Morgan fingerprint density at radius 3 is 2.42 bits per heavy atom. The molecular weight excluding hydrogens is 634 g/mol. The van der Waals surface area contributed by atoms with Gasteiger partial charge in [0.1, 0.15) is 5.60 Å². The third-order valence-electron chi connectivity index (χ3n) is 6.91. The lowest BCUT2D eigenvalue weighted by Crippen LogP contribution is -2.41. The van der Waals surface area contributed by atoms with Gasteiger partial charge in [-0.05, 0) is 92.4 Å². The van der Waals surface area contributed by atoms with E-state index in [4.69, 9.17) is 16.3 Å². The monoisotopic (exact) mass is 669 g/mol. The number of rotatable bonds is 10. The second-order valence-corrected chi connectivity index (χ2v) is 12.6. The van der Waals surface area contributed by atoms with Crippen LogP contribution in [0.4, 0.5) is 4.79 Å². The van der Waals surface area contributed by atoms with Gasteiger partial charge in [-0.1, -0.05) is 48.9 Å². The molecule has 1 unspecified atom stereocenters. The maximum absolute atomic E-state index is 14.1. The Bertz CT molecular complexity index is 1650. The van der Waals surface area contributed by atoms with Crippen LogP contribution in [0, 0.1) is 6.92 Å². The first kappa shape index (κ1) is 32.3. The minimum Gasteiger partial charge on any atom is -0.444 e. The fourth-order valence-electron chi connectivity index (χ4n) is 4.94. The molecule has 2 heterocycles. The first-order valence-electron chi connectivity index (χ1n) is 14.3. The first-order chi connectivity index (χ1) is 20.4. The Labute approximate surface area is 264 Å². The predicted molar refractivity (Wildman–Crippen MR) is 172 cm³/mol. The van der Waals surface area contributed by atoms with Crippen molar-refractivity contribution >= 4 is 45.0 Å². The van der Waals surface area contributed by atoms with Crippen LogP contribution in [-0.4, -0.2) is 49.8 Å². The average molecular weight is 671 g/mol. The Morgan fingerprint density at radius 2 is 1.79 bits per heavy atom. The number of halogens is 2. The van der Waals surface area contributed by atoms with Crippen LogP contribution in [0.25, 0.3) is 5.52 Å². The molecule has 0 spiro atoms. The van der Waals surface area contributed by atoms with Crippen molar-refractivity contribution < 1.29 is 14.3 Å². The lowest BCUT2D eigenvalue weighted by atomic mass is 10.0. The zero-order chi connectivity index (χ0) is 31.3. The van der Waals surface area contributed by atoms with Crippen LogP contribution in [0.15, 0.2) is 69.9 Å². The molecule has 0 aliphatic rings. The van der Waals surface area contributed by atoms with Crippen LogP contribution in [0.2, 0.25) is 5.02 Å². The second kappa shape index (κ2) is 13.8. The Morgan fingerprint density at radius 1 is 1.12 bits per heavy atom. The van der Waals surface area contributed by atoms with E-state index in [1.54, 1.807) is 54.5 Å². The standard InChI is InChI=1S/C32H37BrClN5O4/c1-6-25(26-19-27-28(33)21(2)36-39(27)31(42)38(26)20-22-11-8-7-9-12-22)37(29(40)23-13-15-24(34)16-14-23)18-10-17-35-30(41)43-32(3,4)5/h7-9,11-16,19,25H,6,10,17-18,20H2,1-5H3,(H,35,41). The molecule has 0 aliphatic heterocycles. The van der Waals surface area contributed by atoms with E-state index in [1.807, 2.05) is 50.2 Å². The van der Waals surface area contributed by atoms with E-state index in [9.17, 15) is 14.4 Å². The number of hydrogen-bond donors (Lipinski definition) is 1. The first-order valence-corrected chi connectivity index (χ1v) is 15.4. The van der Waals surface area contributed by atoms with Gasteiger partial charge in [0.15, 0.2) is 0 Å². The van der Waals surface area contributed by atoms with Crippen LogP contribution in [0.5, 0.6) is 0 Å². The van der Waals surface area contributed by atoms with E-state index >= 15 is 0 Å². The molecule has 4 aromatic rings. The number of hydrogen-bond acceptors (Lipinski definition) is 5. The van der Waals surface area contributed by atoms with Crippen molar-refractivity contribution in [2.45, 2.75) is 65.6 Å². The summed E-state index contributed by atoms with van der Waals surface area (Å²) in [6.45, 7) is 10.2. The molecule has 9 nitrogen and oxygen atoms in total. The number of fused-ring (bicyclic) bond motifs is 1. The number of amides is 2. The number of carbonyl (C=O) groups is 2. The molecule has 1 N–H and O–H groups in total. The summed E-state index contributed by atoms with van der Waals surface area (Å²) in [4.78, 5) is 42.1. The van der Waals surface area contributed by atoms with E-state index in [0.29, 0.717) is 60.0 Å². The molecule has 11 heteroatoms. The number of ether oxygens (including phenoxy) is 1. The number of alkyl carbamates (subject to hydrolysis) is 1. The largest absolute Gasteiger partial charge is 0.444 e. The molecule has 4 rings (SSSR count). The maximum Gasteiger partial charge on any atom is 0.407 e. The number of carbonyl (C=O) groups excluding carboxylic acids is 2. The SMILES string of the molecule is CCC(c1cc2c(Br)c(C)nn2c(=O)n1Cc1ccccc1)N(CCCNC(=O)OC(C)(C)C)C(=O)c1ccc(Cl)cc1. The molecule has 0 fully saturated rings. The molecule has 0 bridgehead atoms. The number of nitrogens with zero attached hydrogens (tertiary/aromatic N) is 4. The average Bonchev–Trinajstić information content (AvgIpc) is 3.25. The molecule has 0 aliphatic carbocycles. The zero-order valence-electron chi connectivity index (χ0n) is 25.1. The highest BCUT2D eigenvalue weighted by atomic mass is 79.9. The highest BCUT2D eigenvalue weighted by Gasteiger charge is 2.29. The molecule has 0 saturated heterocycles. The summed E-state index contributed by atoms with van der Waals surface area (Å²) in [5.74, 6) is -0.205. The van der Waals surface area contributed by atoms with Crippen LogP contribution in [0.3, 0.4) is 0 Å². The van der Waals surface area contributed by atoms with Gasteiger partial charge < -0.3 is 15.0 Å². The fraction of sp³-hybridized carbons (Fsp3) is 0.375. The molecule has 0 radical (unpaired) electrons.